The van der Waals surface area contributed by atoms with E-state index in [4.69, 9.17) is 0 Å². The van der Waals surface area contributed by atoms with E-state index in [0.717, 1.165) is 29.8 Å². The Bertz CT molecular complexity index is 738. The number of nitrogens with zero attached hydrogens (tertiary/aromatic N) is 2. The summed E-state index contributed by atoms with van der Waals surface area (Å²) in [5, 5.41) is 0. The van der Waals surface area contributed by atoms with E-state index < -0.39 is 10.0 Å². The lowest BCUT2D eigenvalue weighted by Crippen LogP contribution is -2.15. The van der Waals surface area contributed by atoms with Gasteiger partial charge in [0, 0.05) is 5.92 Å². The van der Waals surface area contributed by atoms with E-state index in [1.165, 1.54) is 12.4 Å². The van der Waals surface area contributed by atoms with Gasteiger partial charge in [-0.05, 0) is 25.3 Å². The zero-order valence-electron chi connectivity index (χ0n) is 11.8. The lowest BCUT2D eigenvalue weighted by Gasteiger charge is -2.08. The summed E-state index contributed by atoms with van der Waals surface area (Å²) in [6.07, 6.45) is 5.32. The Morgan fingerprint density at radius 3 is 2.57 bits per heavy atom. The van der Waals surface area contributed by atoms with Crippen molar-refractivity contribution in [3.63, 3.8) is 0 Å². The van der Waals surface area contributed by atoms with Gasteiger partial charge in [-0.25, -0.2) is 18.4 Å². The molecule has 3 rings (SSSR count). The summed E-state index contributed by atoms with van der Waals surface area (Å²) in [6, 6.07) is 7.46. The van der Waals surface area contributed by atoms with Crippen LogP contribution in [0.3, 0.4) is 0 Å². The number of hydrogen-bond donors (Lipinski definition) is 1. The molecule has 1 aromatic carbocycles. The molecule has 0 radical (unpaired) electrons. The number of aryl methyl sites for hydroxylation is 1. The van der Waals surface area contributed by atoms with Crippen molar-refractivity contribution in [2.75, 3.05) is 4.72 Å². The minimum atomic E-state index is -3.45. The predicted molar refractivity (Wildman–Crippen MR) is 81.4 cm³/mol. The highest BCUT2D eigenvalue weighted by atomic mass is 32.2. The zero-order valence-corrected chi connectivity index (χ0v) is 12.6. The zero-order chi connectivity index (χ0) is 14.9. The van der Waals surface area contributed by atoms with Crippen LogP contribution >= 0.6 is 0 Å². The normalized spacial score (nSPS) is 14.9. The Morgan fingerprint density at radius 2 is 1.95 bits per heavy atom. The fourth-order valence-corrected chi connectivity index (χ4v) is 3.34. The molecule has 0 amide bonds. The molecular weight excluding hydrogens is 286 g/mol. The highest BCUT2D eigenvalue weighted by molar-refractivity contribution is 7.91. The molecule has 1 fully saturated rings. The number of benzene rings is 1. The minimum Gasteiger partial charge on any atom is -0.280 e. The molecule has 0 spiro atoms. The molecule has 1 heterocycles. The predicted octanol–water partition coefficient (Wildman–Crippen LogP) is 2.60. The second-order valence-corrected chi connectivity index (χ2v) is 7.18. The van der Waals surface area contributed by atoms with Crippen LogP contribution in [0, 0.1) is 6.92 Å². The molecule has 0 unspecified atom stereocenters. The van der Waals surface area contributed by atoms with Crippen molar-refractivity contribution in [3.05, 3.63) is 53.6 Å². The summed E-state index contributed by atoms with van der Waals surface area (Å²) in [7, 11) is -3.45. The van der Waals surface area contributed by atoms with Crippen molar-refractivity contribution in [1.82, 2.24) is 9.97 Å². The first-order valence-corrected chi connectivity index (χ1v) is 8.55. The van der Waals surface area contributed by atoms with Gasteiger partial charge >= 0.3 is 0 Å². The number of nitrogens with one attached hydrogen (secondary N) is 1. The van der Waals surface area contributed by atoms with Crippen molar-refractivity contribution < 1.29 is 8.42 Å². The van der Waals surface area contributed by atoms with Gasteiger partial charge in [0.15, 0.2) is 0 Å². The lowest BCUT2D eigenvalue weighted by atomic mass is 10.2. The fraction of sp³-hybridized carbons (Fsp3) is 0.333. The van der Waals surface area contributed by atoms with Crippen LogP contribution in [0.25, 0.3) is 0 Å². The number of anilines is 1. The molecule has 5 nitrogen and oxygen atoms in total. The summed E-state index contributed by atoms with van der Waals surface area (Å²) in [4.78, 5) is 8.42. The molecule has 1 saturated carbocycles. The Balaban J connectivity index is 1.70. The maximum absolute atomic E-state index is 12.1. The largest absolute Gasteiger partial charge is 0.280 e. The maximum atomic E-state index is 12.1. The number of aromatic nitrogens is 2. The molecule has 1 aromatic heterocycles. The maximum Gasteiger partial charge on any atom is 0.237 e. The summed E-state index contributed by atoms with van der Waals surface area (Å²) >= 11 is 0. The van der Waals surface area contributed by atoms with E-state index in [2.05, 4.69) is 14.7 Å². The number of hydrogen-bond acceptors (Lipinski definition) is 4. The van der Waals surface area contributed by atoms with Crippen molar-refractivity contribution in [3.8, 4) is 0 Å². The average molecular weight is 303 g/mol. The van der Waals surface area contributed by atoms with E-state index in [1.54, 1.807) is 6.07 Å². The van der Waals surface area contributed by atoms with Crippen LogP contribution in [0.4, 0.5) is 5.69 Å². The third kappa shape index (κ3) is 3.78. The molecular formula is C15H17N3O2S. The van der Waals surface area contributed by atoms with Crippen LogP contribution in [-0.2, 0) is 15.8 Å². The smallest absolute Gasteiger partial charge is 0.237 e. The summed E-state index contributed by atoms with van der Waals surface area (Å²) < 4.78 is 26.8. The first-order valence-electron chi connectivity index (χ1n) is 6.90. The Hall–Kier alpha value is -1.95. The second-order valence-electron chi connectivity index (χ2n) is 5.45. The summed E-state index contributed by atoms with van der Waals surface area (Å²) in [6.45, 7) is 1.94. The van der Waals surface area contributed by atoms with E-state index >= 15 is 0 Å². The van der Waals surface area contributed by atoms with E-state index in [9.17, 15) is 8.42 Å². The van der Waals surface area contributed by atoms with E-state index in [0.29, 0.717) is 11.6 Å². The molecule has 1 N–H and O–H groups in total. The summed E-state index contributed by atoms with van der Waals surface area (Å²) in [5.41, 5.74) is 2.21. The van der Waals surface area contributed by atoms with Gasteiger partial charge in [-0.1, -0.05) is 29.8 Å². The molecule has 0 aliphatic heterocycles. The number of rotatable bonds is 5. The van der Waals surface area contributed by atoms with Crippen molar-refractivity contribution >= 4 is 15.7 Å². The van der Waals surface area contributed by atoms with Gasteiger partial charge in [-0.3, -0.25) is 4.72 Å². The first-order chi connectivity index (χ1) is 10.0. The second kappa shape index (κ2) is 5.44. The molecule has 21 heavy (non-hydrogen) atoms. The van der Waals surface area contributed by atoms with Crippen LogP contribution in [-0.4, -0.2) is 18.4 Å². The van der Waals surface area contributed by atoms with Crippen LogP contribution in [0.1, 0.15) is 35.7 Å². The van der Waals surface area contributed by atoms with Gasteiger partial charge in [-0.2, -0.15) is 0 Å². The first kappa shape index (κ1) is 14.0. The van der Waals surface area contributed by atoms with Gasteiger partial charge in [0.25, 0.3) is 0 Å². The molecule has 0 atom stereocenters. The topological polar surface area (TPSA) is 72.0 Å². The number of sulfonamides is 1. The van der Waals surface area contributed by atoms with Gasteiger partial charge in [0.2, 0.25) is 10.0 Å². The molecule has 6 heteroatoms. The van der Waals surface area contributed by atoms with Crippen LogP contribution in [0.15, 0.2) is 36.7 Å². The average Bonchev–Trinajstić information content (AvgIpc) is 3.23. The van der Waals surface area contributed by atoms with E-state index in [-0.39, 0.29) is 5.75 Å². The van der Waals surface area contributed by atoms with E-state index in [1.807, 2.05) is 25.1 Å². The Morgan fingerprint density at radius 1 is 1.24 bits per heavy atom. The van der Waals surface area contributed by atoms with Crippen molar-refractivity contribution in [2.45, 2.75) is 31.4 Å². The highest BCUT2D eigenvalue weighted by Gasteiger charge is 2.26. The van der Waals surface area contributed by atoms with Gasteiger partial charge in [0.05, 0.1) is 23.8 Å². The van der Waals surface area contributed by atoms with Crippen LogP contribution < -0.4 is 4.72 Å². The molecule has 0 saturated heterocycles. The molecule has 0 bridgehead atoms. The fourth-order valence-electron chi connectivity index (χ4n) is 2.18. The van der Waals surface area contributed by atoms with Crippen LogP contribution in [0.2, 0.25) is 0 Å². The Labute approximate surface area is 124 Å². The van der Waals surface area contributed by atoms with Crippen LogP contribution in [0.5, 0.6) is 0 Å². The monoisotopic (exact) mass is 303 g/mol. The lowest BCUT2D eigenvalue weighted by molar-refractivity contribution is 0.600. The molecule has 2 aromatic rings. The summed E-state index contributed by atoms with van der Waals surface area (Å²) in [5.74, 6) is 1.21. The Kier molecular flexibility index (Phi) is 3.63. The highest BCUT2D eigenvalue weighted by Crippen LogP contribution is 2.37. The third-order valence-electron chi connectivity index (χ3n) is 3.33. The van der Waals surface area contributed by atoms with Gasteiger partial charge in [-0.15, -0.1) is 0 Å². The quantitative estimate of drug-likeness (QED) is 0.921. The molecule has 1 aliphatic carbocycles. The van der Waals surface area contributed by atoms with Crippen molar-refractivity contribution in [2.24, 2.45) is 0 Å². The standard InChI is InChI=1S/C15H17N3O2S/c1-11-3-2-4-12(7-11)10-21(19,20)18-14-8-16-15(17-9-14)13-5-6-13/h2-4,7-9,13,18H,5-6,10H2,1H3. The minimum absolute atomic E-state index is 0.0565. The SMILES string of the molecule is Cc1cccc(CS(=O)(=O)Nc2cnc(C3CC3)nc2)c1. The third-order valence-corrected chi connectivity index (χ3v) is 4.59. The van der Waals surface area contributed by atoms with Gasteiger partial charge in [0.1, 0.15) is 5.82 Å². The van der Waals surface area contributed by atoms with Crippen molar-refractivity contribution in [1.29, 1.82) is 0 Å². The molecule has 1 aliphatic rings. The van der Waals surface area contributed by atoms with Gasteiger partial charge < -0.3 is 0 Å². The molecule has 110 valence electrons.